The quantitative estimate of drug-likeness (QED) is 0.759. The summed E-state index contributed by atoms with van der Waals surface area (Å²) < 4.78 is 13.6. The molecular formula is C17H27FN2O. The molecule has 1 aromatic rings. The fourth-order valence-electron chi connectivity index (χ4n) is 2.57. The number of hydrogen-bond donors (Lipinski definition) is 1. The van der Waals surface area contributed by atoms with Crippen molar-refractivity contribution in [2.24, 2.45) is 11.7 Å². The van der Waals surface area contributed by atoms with Crippen molar-refractivity contribution in [1.82, 2.24) is 4.90 Å². The molecule has 3 nitrogen and oxygen atoms in total. The normalized spacial score (nSPS) is 12.2. The molecule has 0 aliphatic carbocycles. The average molecular weight is 294 g/mol. The molecule has 0 aliphatic rings. The van der Waals surface area contributed by atoms with Crippen LogP contribution in [0.15, 0.2) is 24.3 Å². The van der Waals surface area contributed by atoms with E-state index in [0.717, 1.165) is 25.7 Å². The average Bonchev–Trinajstić information content (AvgIpc) is 2.47. The third-order valence-corrected chi connectivity index (χ3v) is 3.83. The van der Waals surface area contributed by atoms with Gasteiger partial charge in [0.05, 0.1) is 0 Å². The molecule has 1 atom stereocenters. The summed E-state index contributed by atoms with van der Waals surface area (Å²) in [5.74, 6) is 0.325. The predicted molar refractivity (Wildman–Crippen MR) is 84.2 cm³/mol. The molecule has 0 fully saturated rings. The molecule has 0 saturated carbocycles. The lowest BCUT2D eigenvalue weighted by Crippen LogP contribution is -2.27. The highest BCUT2D eigenvalue weighted by Gasteiger charge is 2.14. The fraction of sp³-hybridized carbons (Fsp3) is 0.588. The lowest BCUT2D eigenvalue weighted by molar-refractivity contribution is -0.130. The lowest BCUT2D eigenvalue weighted by Gasteiger charge is -2.20. The zero-order valence-electron chi connectivity index (χ0n) is 13.1. The smallest absolute Gasteiger partial charge is 0.222 e. The van der Waals surface area contributed by atoms with Crippen molar-refractivity contribution in [2.45, 2.75) is 45.6 Å². The Morgan fingerprint density at radius 3 is 2.62 bits per heavy atom. The van der Waals surface area contributed by atoms with Crippen molar-refractivity contribution in [3.8, 4) is 0 Å². The van der Waals surface area contributed by atoms with Crippen LogP contribution in [-0.4, -0.2) is 24.4 Å². The van der Waals surface area contributed by atoms with Crippen molar-refractivity contribution >= 4 is 5.91 Å². The van der Waals surface area contributed by atoms with Crippen molar-refractivity contribution < 1.29 is 9.18 Å². The van der Waals surface area contributed by atoms with E-state index in [2.05, 4.69) is 6.92 Å². The first-order valence-electron chi connectivity index (χ1n) is 7.75. The molecule has 118 valence electrons. The molecule has 0 bridgehead atoms. The number of carbonyl (C=O) groups excluding carboxylic acids is 1. The summed E-state index contributed by atoms with van der Waals surface area (Å²) in [4.78, 5) is 13.7. The van der Waals surface area contributed by atoms with Crippen LogP contribution in [0.4, 0.5) is 4.39 Å². The minimum absolute atomic E-state index is 0.0661. The second kappa shape index (κ2) is 9.50. The van der Waals surface area contributed by atoms with Gasteiger partial charge in [-0.15, -0.1) is 0 Å². The van der Waals surface area contributed by atoms with Gasteiger partial charge in [-0.25, -0.2) is 4.39 Å². The Labute approximate surface area is 127 Å². The number of amides is 1. The molecule has 4 heteroatoms. The van der Waals surface area contributed by atoms with Crippen molar-refractivity contribution in [1.29, 1.82) is 0 Å². The van der Waals surface area contributed by atoms with Crippen molar-refractivity contribution in [3.63, 3.8) is 0 Å². The number of hydrogen-bond acceptors (Lipinski definition) is 2. The Morgan fingerprint density at radius 1 is 1.29 bits per heavy atom. The van der Waals surface area contributed by atoms with Gasteiger partial charge in [-0.3, -0.25) is 4.79 Å². The zero-order valence-corrected chi connectivity index (χ0v) is 13.1. The predicted octanol–water partition coefficient (Wildman–Crippen LogP) is 3.33. The molecule has 2 N–H and O–H groups in total. The van der Waals surface area contributed by atoms with Gasteiger partial charge in [-0.05, 0) is 31.4 Å². The molecular weight excluding hydrogens is 267 g/mol. The first kappa shape index (κ1) is 17.6. The number of carbonyl (C=O) groups is 1. The van der Waals surface area contributed by atoms with Gasteiger partial charge >= 0.3 is 0 Å². The molecule has 1 rings (SSSR count). The zero-order chi connectivity index (χ0) is 15.7. The summed E-state index contributed by atoms with van der Waals surface area (Å²) in [5, 5.41) is 0. The van der Waals surface area contributed by atoms with Crippen molar-refractivity contribution in [2.75, 3.05) is 13.6 Å². The molecule has 21 heavy (non-hydrogen) atoms. The van der Waals surface area contributed by atoms with Gasteiger partial charge in [0.1, 0.15) is 5.82 Å². The largest absolute Gasteiger partial charge is 0.341 e. The van der Waals surface area contributed by atoms with Crippen LogP contribution in [0.25, 0.3) is 0 Å². The first-order chi connectivity index (χ1) is 10.1. The second-order valence-corrected chi connectivity index (χ2v) is 5.61. The molecule has 1 amide bonds. The molecule has 1 aromatic carbocycles. The summed E-state index contributed by atoms with van der Waals surface area (Å²) >= 11 is 0. The van der Waals surface area contributed by atoms with Gasteiger partial charge in [-0.1, -0.05) is 38.0 Å². The Kier molecular flexibility index (Phi) is 7.98. The van der Waals surface area contributed by atoms with Gasteiger partial charge < -0.3 is 10.6 Å². The van der Waals surface area contributed by atoms with E-state index in [1.165, 1.54) is 6.07 Å². The molecule has 0 saturated heterocycles. The lowest BCUT2D eigenvalue weighted by atomic mass is 9.94. The fourth-order valence-corrected chi connectivity index (χ4v) is 2.57. The number of benzene rings is 1. The van der Waals surface area contributed by atoms with Crippen LogP contribution in [-0.2, 0) is 11.3 Å². The Balaban J connectivity index is 2.45. The second-order valence-electron chi connectivity index (χ2n) is 5.61. The minimum Gasteiger partial charge on any atom is -0.341 e. The van der Waals surface area contributed by atoms with Gasteiger partial charge in [0, 0.05) is 25.6 Å². The Hall–Kier alpha value is -1.42. The van der Waals surface area contributed by atoms with E-state index in [4.69, 9.17) is 5.73 Å². The van der Waals surface area contributed by atoms with Crippen LogP contribution < -0.4 is 5.73 Å². The molecule has 0 aromatic heterocycles. The van der Waals surface area contributed by atoms with Crippen LogP contribution >= 0.6 is 0 Å². The van der Waals surface area contributed by atoms with Crippen molar-refractivity contribution in [3.05, 3.63) is 35.6 Å². The van der Waals surface area contributed by atoms with Gasteiger partial charge in [0.15, 0.2) is 0 Å². The summed E-state index contributed by atoms with van der Waals surface area (Å²) in [5.41, 5.74) is 6.16. The van der Waals surface area contributed by atoms with E-state index in [-0.39, 0.29) is 11.7 Å². The topological polar surface area (TPSA) is 46.3 Å². The number of rotatable bonds is 9. The monoisotopic (exact) mass is 294 g/mol. The van der Waals surface area contributed by atoms with Crippen LogP contribution in [0, 0.1) is 11.7 Å². The highest BCUT2D eigenvalue weighted by atomic mass is 19.1. The van der Waals surface area contributed by atoms with E-state index in [1.54, 1.807) is 30.1 Å². The highest BCUT2D eigenvalue weighted by molar-refractivity contribution is 5.75. The minimum atomic E-state index is -0.260. The summed E-state index contributed by atoms with van der Waals surface area (Å²) in [7, 11) is 1.73. The number of nitrogens with zero attached hydrogens (tertiary/aromatic N) is 1. The Morgan fingerprint density at radius 2 is 2.00 bits per heavy atom. The summed E-state index contributed by atoms with van der Waals surface area (Å²) in [6.07, 6.45) is 4.57. The highest BCUT2D eigenvalue weighted by Crippen LogP contribution is 2.18. The van der Waals surface area contributed by atoms with Crippen LogP contribution in [0.2, 0.25) is 0 Å². The number of nitrogens with two attached hydrogens (primary N) is 1. The molecule has 0 radical (unpaired) electrons. The SMILES string of the molecule is CCCC(CCN)CCC(=O)N(C)Cc1ccccc1F. The van der Waals surface area contributed by atoms with E-state index in [1.807, 2.05) is 0 Å². The van der Waals surface area contributed by atoms with E-state index < -0.39 is 0 Å². The van der Waals surface area contributed by atoms with Crippen LogP contribution in [0.1, 0.15) is 44.6 Å². The maximum absolute atomic E-state index is 13.6. The number of halogens is 1. The third-order valence-electron chi connectivity index (χ3n) is 3.83. The standard InChI is InChI=1S/C17H27FN2O/c1-3-6-14(11-12-19)9-10-17(21)20(2)13-15-7-4-5-8-16(15)18/h4-5,7-8,14H,3,6,9-13,19H2,1-2H3. The van der Waals surface area contributed by atoms with E-state index in [0.29, 0.717) is 31.0 Å². The van der Waals surface area contributed by atoms with Crippen LogP contribution in [0.5, 0.6) is 0 Å². The van der Waals surface area contributed by atoms with Gasteiger partial charge in [0.2, 0.25) is 5.91 Å². The maximum atomic E-state index is 13.6. The third kappa shape index (κ3) is 6.25. The maximum Gasteiger partial charge on any atom is 0.222 e. The molecule has 0 heterocycles. The molecule has 0 spiro atoms. The molecule has 0 aliphatic heterocycles. The summed E-state index contributed by atoms with van der Waals surface area (Å²) in [6.45, 7) is 3.14. The van der Waals surface area contributed by atoms with E-state index in [9.17, 15) is 9.18 Å². The van der Waals surface area contributed by atoms with Gasteiger partial charge in [0.25, 0.3) is 0 Å². The van der Waals surface area contributed by atoms with Gasteiger partial charge in [-0.2, -0.15) is 0 Å². The van der Waals surface area contributed by atoms with Crippen LogP contribution in [0.3, 0.4) is 0 Å². The van der Waals surface area contributed by atoms with E-state index >= 15 is 0 Å². The summed E-state index contributed by atoms with van der Waals surface area (Å²) in [6, 6.07) is 6.58. The molecule has 1 unspecified atom stereocenters. The Bertz CT molecular complexity index is 431. The first-order valence-corrected chi connectivity index (χ1v) is 7.75.